The molecular weight excluding hydrogens is 284 g/mol. The van der Waals surface area contributed by atoms with E-state index in [-0.39, 0.29) is 17.9 Å². The molecule has 0 aliphatic carbocycles. The lowest BCUT2D eigenvalue weighted by atomic mass is 9.94. The minimum Gasteiger partial charge on any atom is -0.410 e. The van der Waals surface area contributed by atoms with E-state index in [1.807, 2.05) is 0 Å². The van der Waals surface area contributed by atoms with E-state index >= 15 is 0 Å². The zero-order chi connectivity index (χ0) is 14.1. The van der Waals surface area contributed by atoms with Crippen molar-refractivity contribution in [1.29, 1.82) is 0 Å². The number of hydroxylamine groups is 1. The van der Waals surface area contributed by atoms with Gasteiger partial charge in [-0.05, 0) is 30.7 Å². The second kappa shape index (κ2) is 5.30. The first-order valence-electron chi connectivity index (χ1n) is 6.31. The van der Waals surface area contributed by atoms with Crippen LogP contribution in [0.15, 0.2) is 24.3 Å². The van der Waals surface area contributed by atoms with Gasteiger partial charge in [-0.1, -0.05) is 11.6 Å². The molecule has 3 rings (SSSR count). The Morgan fingerprint density at radius 3 is 2.90 bits per heavy atom. The van der Waals surface area contributed by atoms with Crippen LogP contribution < -0.4 is 10.2 Å². The molecule has 1 N–H and O–H groups in total. The van der Waals surface area contributed by atoms with Gasteiger partial charge in [-0.25, -0.2) is 10.3 Å². The fourth-order valence-corrected chi connectivity index (χ4v) is 2.51. The zero-order valence-electron chi connectivity index (χ0n) is 10.5. The second-order valence-corrected chi connectivity index (χ2v) is 5.22. The number of nitrogens with one attached hydrogen (secondary N) is 1. The van der Waals surface area contributed by atoms with Crippen LogP contribution in [0.1, 0.15) is 6.42 Å². The summed E-state index contributed by atoms with van der Waals surface area (Å²) in [5.74, 6) is 0.151. The fraction of sp³-hybridized carbons (Fsp3) is 0.385. The summed E-state index contributed by atoms with van der Waals surface area (Å²) < 4.78 is 5.25. The molecule has 1 aromatic rings. The van der Waals surface area contributed by atoms with Gasteiger partial charge in [0.1, 0.15) is 11.9 Å². The molecule has 6 nitrogen and oxygen atoms in total. The number of hydrogen-bond acceptors (Lipinski definition) is 4. The van der Waals surface area contributed by atoms with Gasteiger partial charge in [-0.3, -0.25) is 9.63 Å². The van der Waals surface area contributed by atoms with Gasteiger partial charge >= 0.3 is 6.09 Å². The molecule has 2 aliphatic heterocycles. The summed E-state index contributed by atoms with van der Waals surface area (Å²) in [6.45, 7) is 0.820. The highest BCUT2D eigenvalue weighted by Gasteiger charge is 2.42. The van der Waals surface area contributed by atoms with Crippen LogP contribution in [0.25, 0.3) is 0 Å². The van der Waals surface area contributed by atoms with Crippen LogP contribution in [0.5, 0.6) is 5.75 Å². The fourth-order valence-electron chi connectivity index (χ4n) is 2.38. The molecule has 2 heterocycles. The summed E-state index contributed by atoms with van der Waals surface area (Å²) in [7, 11) is 0. The molecule has 106 valence electrons. The van der Waals surface area contributed by atoms with Gasteiger partial charge in [0.2, 0.25) is 5.91 Å². The van der Waals surface area contributed by atoms with E-state index in [4.69, 9.17) is 21.2 Å². The highest BCUT2D eigenvalue weighted by molar-refractivity contribution is 6.30. The van der Waals surface area contributed by atoms with Crippen LogP contribution in [0.3, 0.4) is 0 Å². The minimum absolute atomic E-state index is 0.110. The van der Waals surface area contributed by atoms with Crippen LogP contribution in [0.4, 0.5) is 4.79 Å². The summed E-state index contributed by atoms with van der Waals surface area (Å²) in [5, 5.41) is 0.578. The molecule has 20 heavy (non-hydrogen) atoms. The molecule has 0 saturated carbocycles. The largest absolute Gasteiger partial charge is 0.415 e. The van der Waals surface area contributed by atoms with E-state index in [0.29, 0.717) is 30.3 Å². The molecule has 0 aromatic heterocycles. The van der Waals surface area contributed by atoms with Crippen LogP contribution in [0.2, 0.25) is 5.02 Å². The maximum absolute atomic E-state index is 12.0. The van der Waals surface area contributed by atoms with E-state index in [1.165, 1.54) is 4.90 Å². The first-order chi connectivity index (χ1) is 9.63. The van der Waals surface area contributed by atoms with E-state index in [2.05, 4.69) is 5.48 Å². The summed E-state index contributed by atoms with van der Waals surface area (Å²) in [6.07, 6.45) is -0.172. The third kappa shape index (κ3) is 2.57. The van der Waals surface area contributed by atoms with Crippen molar-refractivity contribution in [3.8, 4) is 5.75 Å². The number of benzene rings is 1. The molecule has 0 radical (unpaired) electrons. The average molecular weight is 297 g/mol. The number of fused-ring (bicyclic) bond motifs is 1. The minimum atomic E-state index is -0.450. The van der Waals surface area contributed by atoms with Crippen molar-refractivity contribution in [3.05, 3.63) is 29.3 Å². The Labute approximate surface area is 120 Å². The number of hydrogen-bond donors (Lipinski definition) is 1. The maximum atomic E-state index is 12.0. The number of nitrogens with zero attached hydrogens (tertiary/aromatic N) is 1. The van der Waals surface area contributed by atoms with Crippen molar-refractivity contribution in [2.75, 3.05) is 13.1 Å². The number of piperidine rings is 1. The molecule has 2 unspecified atom stereocenters. The van der Waals surface area contributed by atoms with Gasteiger partial charge in [-0.15, -0.1) is 0 Å². The average Bonchev–Trinajstić information content (AvgIpc) is 2.82. The summed E-state index contributed by atoms with van der Waals surface area (Å²) >= 11 is 5.77. The molecular formula is C13H13ClN2O4. The lowest BCUT2D eigenvalue weighted by molar-refractivity contribution is -0.126. The summed E-state index contributed by atoms with van der Waals surface area (Å²) in [5.41, 5.74) is 2.34. The van der Waals surface area contributed by atoms with Crippen molar-refractivity contribution in [2.24, 2.45) is 5.92 Å². The Morgan fingerprint density at radius 1 is 1.40 bits per heavy atom. The Balaban J connectivity index is 1.61. The Morgan fingerprint density at radius 2 is 2.15 bits per heavy atom. The Kier molecular flexibility index (Phi) is 3.50. The van der Waals surface area contributed by atoms with Crippen LogP contribution in [-0.2, 0) is 9.63 Å². The molecule has 2 saturated heterocycles. The Hall–Kier alpha value is -1.79. The highest BCUT2D eigenvalue weighted by atomic mass is 35.5. The smallest absolute Gasteiger partial charge is 0.410 e. The van der Waals surface area contributed by atoms with Gasteiger partial charge in [0, 0.05) is 11.6 Å². The quantitative estimate of drug-likeness (QED) is 0.854. The summed E-state index contributed by atoms with van der Waals surface area (Å²) in [6, 6.07) is 6.56. The predicted octanol–water partition coefficient (Wildman–Crippen LogP) is 1.59. The van der Waals surface area contributed by atoms with Gasteiger partial charge in [0.15, 0.2) is 0 Å². The summed E-state index contributed by atoms with van der Waals surface area (Å²) in [4.78, 5) is 30.1. The van der Waals surface area contributed by atoms with Gasteiger partial charge in [0.05, 0.1) is 12.5 Å². The number of rotatable bonds is 1. The third-order valence-electron chi connectivity index (χ3n) is 3.48. The van der Waals surface area contributed by atoms with Crippen molar-refractivity contribution in [2.45, 2.75) is 12.5 Å². The molecule has 2 fully saturated rings. The first-order valence-corrected chi connectivity index (χ1v) is 6.69. The van der Waals surface area contributed by atoms with E-state index in [9.17, 15) is 9.59 Å². The maximum Gasteiger partial charge on any atom is 0.415 e. The Bertz CT molecular complexity index is 534. The number of carbonyl (C=O) groups is 2. The van der Waals surface area contributed by atoms with E-state index < -0.39 is 6.09 Å². The SMILES string of the molecule is O=C1NOC2CN(C(=O)Oc3ccc(Cl)cc3)CCC12. The highest BCUT2D eigenvalue weighted by Crippen LogP contribution is 2.25. The van der Waals surface area contributed by atoms with Crippen molar-refractivity contribution < 1.29 is 19.2 Å². The lowest BCUT2D eigenvalue weighted by Gasteiger charge is -2.31. The standard InChI is InChI=1S/C13H13ClN2O4/c14-8-1-3-9(4-2-8)19-13(18)16-6-5-10-11(7-16)20-15-12(10)17/h1-4,10-11H,5-7H2,(H,15,17). The van der Waals surface area contributed by atoms with Crippen LogP contribution >= 0.6 is 11.6 Å². The first kappa shape index (κ1) is 13.2. The number of carbonyl (C=O) groups excluding carboxylic acids is 2. The van der Waals surface area contributed by atoms with Gasteiger partial charge in [0.25, 0.3) is 0 Å². The number of ether oxygens (including phenoxy) is 1. The van der Waals surface area contributed by atoms with Crippen molar-refractivity contribution in [1.82, 2.24) is 10.4 Å². The topological polar surface area (TPSA) is 67.9 Å². The van der Waals surface area contributed by atoms with E-state index in [1.54, 1.807) is 24.3 Å². The predicted molar refractivity (Wildman–Crippen MR) is 70.2 cm³/mol. The molecule has 2 atom stereocenters. The van der Waals surface area contributed by atoms with Crippen LogP contribution in [0, 0.1) is 5.92 Å². The number of halogens is 1. The molecule has 0 bridgehead atoms. The van der Waals surface area contributed by atoms with Crippen molar-refractivity contribution in [3.63, 3.8) is 0 Å². The molecule has 7 heteroatoms. The van der Waals surface area contributed by atoms with Crippen LogP contribution in [-0.4, -0.2) is 36.1 Å². The van der Waals surface area contributed by atoms with E-state index in [0.717, 1.165) is 0 Å². The lowest BCUT2D eigenvalue weighted by Crippen LogP contribution is -2.47. The number of amides is 2. The monoisotopic (exact) mass is 296 g/mol. The van der Waals surface area contributed by atoms with Gasteiger partial charge in [-0.2, -0.15) is 0 Å². The van der Waals surface area contributed by atoms with Crippen molar-refractivity contribution >= 4 is 23.6 Å². The molecule has 1 aromatic carbocycles. The van der Waals surface area contributed by atoms with Gasteiger partial charge < -0.3 is 9.64 Å². The molecule has 2 amide bonds. The zero-order valence-corrected chi connectivity index (χ0v) is 11.3. The normalized spacial score (nSPS) is 25.1. The third-order valence-corrected chi connectivity index (χ3v) is 3.74. The second-order valence-electron chi connectivity index (χ2n) is 4.79. The molecule has 0 spiro atoms. The number of likely N-dealkylation sites (tertiary alicyclic amines) is 1. The molecule has 2 aliphatic rings.